The first-order valence-electron chi connectivity index (χ1n) is 11.0. The van der Waals surface area contributed by atoms with E-state index in [-0.39, 0.29) is 30.5 Å². The molecule has 1 aliphatic heterocycles. The molecule has 1 heterocycles. The number of carbonyl (C=O) groups excluding carboxylic acids is 2. The van der Waals surface area contributed by atoms with E-state index in [4.69, 9.17) is 21.1 Å². The smallest absolute Gasteiger partial charge is 0.332 e. The third-order valence-corrected chi connectivity index (χ3v) is 5.25. The Kier molecular flexibility index (Phi) is 11.2. The summed E-state index contributed by atoms with van der Waals surface area (Å²) in [6, 6.07) is 7.11. The van der Waals surface area contributed by atoms with Gasteiger partial charge in [0.2, 0.25) is 0 Å². The van der Waals surface area contributed by atoms with Crippen molar-refractivity contribution in [2.24, 2.45) is 0 Å². The number of ketones is 1. The number of nitrogens with zero attached hydrogens (tertiary/aromatic N) is 1. The van der Waals surface area contributed by atoms with Gasteiger partial charge in [-0.2, -0.15) is 0 Å². The Balaban J connectivity index is 1.75. The van der Waals surface area contributed by atoms with E-state index in [1.165, 1.54) is 0 Å². The second-order valence-corrected chi connectivity index (χ2v) is 8.57. The summed E-state index contributed by atoms with van der Waals surface area (Å²) in [6.07, 6.45) is 6.27. The van der Waals surface area contributed by atoms with Crippen molar-refractivity contribution in [1.29, 1.82) is 0 Å². The van der Waals surface area contributed by atoms with Crippen LogP contribution in [0.25, 0.3) is 0 Å². The molecule has 0 bridgehead atoms. The minimum Gasteiger partial charge on any atom is -0.461 e. The van der Waals surface area contributed by atoms with Crippen LogP contribution in [0.3, 0.4) is 0 Å². The van der Waals surface area contributed by atoms with Crippen molar-refractivity contribution < 1.29 is 24.2 Å². The lowest BCUT2D eigenvalue weighted by Gasteiger charge is -2.33. The summed E-state index contributed by atoms with van der Waals surface area (Å²) < 4.78 is 10.4. The fraction of sp³-hybridized carbons (Fsp3) is 0.583. The first kappa shape index (κ1) is 25.5. The number of rotatable bonds is 12. The quantitative estimate of drug-likeness (QED) is 0.297. The molecule has 0 aliphatic carbocycles. The molecule has 31 heavy (non-hydrogen) atoms. The molecule has 1 aromatic rings. The van der Waals surface area contributed by atoms with E-state index in [1.54, 1.807) is 26.0 Å². The highest BCUT2D eigenvalue weighted by Crippen LogP contribution is 2.17. The maximum absolute atomic E-state index is 12.5. The monoisotopic (exact) mass is 451 g/mol. The van der Waals surface area contributed by atoms with Gasteiger partial charge in [0.1, 0.15) is 6.61 Å². The summed E-state index contributed by atoms with van der Waals surface area (Å²) in [6.45, 7) is 5.68. The first-order valence-corrected chi connectivity index (χ1v) is 11.4. The zero-order valence-electron chi connectivity index (χ0n) is 18.5. The summed E-state index contributed by atoms with van der Waals surface area (Å²) in [5.74, 6) is -0.164. The summed E-state index contributed by atoms with van der Waals surface area (Å²) in [4.78, 5) is 26.0. The Morgan fingerprint density at radius 1 is 1.35 bits per heavy atom. The van der Waals surface area contributed by atoms with Crippen LogP contribution in [-0.2, 0) is 25.5 Å². The van der Waals surface area contributed by atoms with Crippen LogP contribution in [0, 0.1) is 0 Å². The molecule has 1 aliphatic rings. The summed E-state index contributed by atoms with van der Waals surface area (Å²) >= 11 is 6.00. The van der Waals surface area contributed by atoms with Gasteiger partial charge in [-0.1, -0.05) is 35.9 Å². The van der Waals surface area contributed by atoms with E-state index in [1.807, 2.05) is 24.3 Å². The van der Waals surface area contributed by atoms with E-state index in [9.17, 15) is 14.7 Å². The van der Waals surface area contributed by atoms with Crippen molar-refractivity contribution in [3.63, 3.8) is 0 Å². The molecule has 0 amide bonds. The van der Waals surface area contributed by atoms with Gasteiger partial charge in [-0.05, 0) is 63.9 Å². The van der Waals surface area contributed by atoms with Gasteiger partial charge < -0.3 is 14.6 Å². The second kappa shape index (κ2) is 13.6. The molecule has 1 N–H and O–H groups in total. The maximum Gasteiger partial charge on any atom is 0.332 e. The average molecular weight is 452 g/mol. The fourth-order valence-corrected chi connectivity index (χ4v) is 3.82. The Morgan fingerprint density at radius 2 is 2.16 bits per heavy atom. The summed E-state index contributed by atoms with van der Waals surface area (Å²) in [7, 11) is 0. The minimum absolute atomic E-state index is 0.0315. The number of piperidine rings is 1. The highest BCUT2D eigenvalue weighted by atomic mass is 35.5. The number of unbranched alkanes of at least 4 members (excludes halogenated alkanes) is 1. The zero-order valence-corrected chi connectivity index (χ0v) is 19.2. The molecule has 2 atom stereocenters. The van der Waals surface area contributed by atoms with Gasteiger partial charge in [0.15, 0.2) is 5.78 Å². The number of hydrogen-bond acceptors (Lipinski definition) is 6. The molecule has 0 saturated carbocycles. The van der Waals surface area contributed by atoms with Crippen LogP contribution in [0.1, 0.15) is 45.1 Å². The number of ether oxygens (including phenoxy) is 2. The molecule has 1 unspecified atom stereocenters. The van der Waals surface area contributed by atoms with Gasteiger partial charge in [-0.15, -0.1) is 0 Å². The molecule has 1 fully saturated rings. The van der Waals surface area contributed by atoms with Crippen molar-refractivity contribution in [2.45, 2.75) is 64.2 Å². The number of likely N-dealkylation sites (tertiary alicyclic amines) is 1. The second-order valence-electron chi connectivity index (χ2n) is 8.14. The number of aliphatic hydroxyl groups is 1. The number of aliphatic hydroxyl groups excluding tert-OH is 1. The van der Waals surface area contributed by atoms with Crippen molar-refractivity contribution >= 4 is 23.4 Å². The molecule has 6 nitrogen and oxygen atoms in total. The normalized spacial score (nSPS) is 18.6. The Bertz CT molecular complexity index is 736. The number of esters is 1. The summed E-state index contributed by atoms with van der Waals surface area (Å²) in [5, 5.41) is 11.0. The molecule has 7 heteroatoms. The Hall–Kier alpha value is -1.73. The van der Waals surface area contributed by atoms with Gasteiger partial charge in [0.05, 0.1) is 18.2 Å². The van der Waals surface area contributed by atoms with Crippen LogP contribution < -0.4 is 0 Å². The predicted molar refractivity (Wildman–Crippen MR) is 121 cm³/mol. The van der Waals surface area contributed by atoms with Gasteiger partial charge in [0, 0.05) is 24.5 Å². The zero-order chi connectivity index (χ0) is 22.6. The molecular weight excluding hydrogens is 418 g/mol. The van der Waals surface area contributed by atoms with Crippen LogP contribution in [0.5, 0.6) is 0 Å². The third-order valence-electron chi connectivity index (χ3n) is 5.01. The predicted octanol–water partition coefficient (Wildman–Crippen LogP) is 3.58. The van der Waals surface area contributed by atoms with Gasteiger partial charge in [0.25, 0.3) is 0 Å². The number of carbonyl (C=O) groups is 2. The lowest BCUT2D eigenvalue weighted by Crippen LogP contribution is -2.45. The van der Waals surface area contributed by atoms with E-state index in [2.05, 4.69) is 4.90 Å². The average Bonchev–Trinajstić information content (AvgIpc) is 2.69. The van der Waals surface area contributed by atoms with Crippen LogP contribution in [0.15, 0.2) is 36.4 Å². The van der Waals surface area contributed by atoms with Crippen LogP contribution >= 0.6 is 11.6 Å². The van der Waals surface area contributed by atoms with E-state index in [0.717, 1.165) is 37.9 Å². The van der Waals surface area contributed by atoms with E-state index >= 15 is 0 Å². The first-order chi connectivity index (χ1) is 14.8. The molecular formula is C24H34ClNO5. The van der Waals surface area contributed by atoms with Gasteiger partial charge in [-0.25, -0.2) is 4.79 Å². The molecule has 0 radical (unpaired) electrons. The summed E-state index contributed by atoms with van der Waals surface area (Å²) in [5.41, 5.74) is 0.953. The molecule has 1 saturated heterocycles. The van der Waals surface area contributed by atoms with Crippen molar-refractivity contribution in [3.05, 3.63) is 47.0 Å². The topological polar surface area (TPSA) is 76.1 Å². The largest absolute Gasteiger partial charge is 0.461 e. The number of Topliss-reactive ketones (excluding diaryl/α,β-unsaturated/α-hetero) is 1. The highest BCUT2D eigenvalue weighted by molar-refractivity contribution is 6.30. The van der Waals surface area contributed by atoms with Crippen LogP contribution in [-0.4, -0.2) is 66.3 Å². The Morgan fingerprint density at radius 3 is 2.90 bits per heavy atom. The lowest BCUT2D eigenvalue weighted by molar-refractivity contribution is -0.152. The molecule has 2 rings (SSSR count). The standard InChI is InChI=1S/C24H34ClNO5/c1-18(2)31-24(29)17-30-14-4-3-12-26-13-6-9-23(28)22(26)11-10-21(27)16-19-7-5-8-20(25)15-19/h5,7-8,10-11,15,18,21-22,27H,3-4,6,9,12-14,16-17H2,1-2H3/t21-,22?/m0/s1. The van der Waals surface area contributed by atoms with Gasteiger partial charge >= 0.3 is 5.97 Å². The fourth-order valence-electron chi connectivity index (χ4n) is 3.61. The van der Waals surface area contributed by atoms with Crippen molar-refractivity contribution in [1.82, 2.24) is 4.90 Å². The maximum atomic E-state index is 12.5. The minimum atomic E-state index is -0.672. The van der Waals surface area contributed by atoms with Crippen molar-refractivity contribution in [2.75, 3.05) is 26.3 Å². The van der Waals surface area contributed by atoms with Crippen molar-refractivity contribution in [3.8, 4) is 0 Å². The molecule has 172 valence electrons. The van der Waals surface area contributed by atoms with Crippen LogP contribution in [0.2, 0.25) is 5.02 Å². The SMILES string of the molecule is CC(C)OC(=O)COCCCCN1CCCC(=O)C1C=C[C@H](O)Cc1cccc(Cl)c1. The molecule has 0 spiro atoms. The van der Waals surface area contributed by atoms with Gasteiger partial charge in [-0.3, -0.25) is 9.69 Å². The van der Waals surface area contributed by atoms with E-state index in [0.29, 0.717) is 24.5 Å². The number of benzene rings is 1. The molecule has 1 aromatic carbocycles. The molecule has 0 aromatic heterocycles. The lowest BCUT2D eigenvalue weighted by atomic mass is 9.98. The highest BCUT2D eigenvalue weighted by Gasteiger charge is 2.27. The Labute approximate surface area is 190 Å². The number of halogens is 1. The third kappa shape index (κ3) is 9.95. The van der Waals surface area contributed by atoms with E-state index < -0.39 is 6.10 Å². The number of hydrogen-bond donors (Lipinski definition) is 1. The van der Waals surface area contributed by atoms with Crippen LogP contribution in [0.4, 0.5) is 0 Å².